The van der Waals surface area contributed by atoms with E-state index >= 15 is 0 Å². The van der Waals surface area contributed by atoms with Gasteiger partial charge in [-0.2, -0.15) is 4.31 Å². The quantitative estimate of drug-likeness (QED) is 0.876. The summed E-state index contributed by atoms with van der Waals surface area (Å²) in [4.78, 5) is 11.6. The van der Waals surface area contributed by atoms with E-state index in [0.29, 0.717) is 5.92 Å². The van der Waals surface area contributed by atoms with E-state index in [0.717, 1.165) is 16.3 Å². The Kier molecular flexibility index (Phi) is 5.20. The van der Waals surface area contributed by atoms with E-state index in [1.54, 1.807) is 12.1 Å². The van der Waals surface area contributed by atoms with E-state index < -0.39 is 22.0 Å². The summed E-state index contributed by atoms with van der Waals surface area (Å²) < 4.78 is 31.7. The van der Waals surface area contributed by atoms with E-state index in [4.69, 9.17) is 10.5 Å². The molecular weight excluding hydrogens is 304 g/mol. The third-order valence-electron chi connectivity index (χ3n) is 4.08. The van der Waals surface area contributed by atoms with Crippen LogP contribution in [0.3, 0.4) is 0 Å². The predicted octanol–water partition coefficient (Wildman–Crippen LogP) is 1.07. The Bertz CT molecular complexity index is 627. The molecule has 6 nitrogen and oxygen atoms in total. The summed E-state index contributed by atoms with van der Waals surface area (Å²) in [5, 5.41) is 0. The fraction of sp³-hybridized carbons (Fsp3) is 0.533. The van der Waals surface area contributed by atoms with Crippen molar-refractivity contribution in [3.05, 3.63) is 29.8 Å². The van der Waals surface area contributed by atoms with Gasteiger partial charge in [0.05, 0.1) is 18.1 Å². The van der Waals surface area contributed by atoms with Gasteiger partial charge in [-0.1, -0.05) is 26.0 Å². The van der Waals surface area contributed by atoms with Crippen LogP contribution >= 0.6 is 0 Å². The number of morpholine rings is 1. The van der Waals surface area contributed by atoms with Gasteiger partial charge in [-0.05, 0) is 30.0 Å². The molecule has 0 radical (unpaired) electrons. The van der Waals surface area contributed by atoms with Gasteiger partial charge >= 0.3 is 0 Å². The van der Waals surface area contributed by atoms with Gasteiger partial charge in [-0.3, -0.25) is 4.79 Å². The Morgan fingerprint density at radius 2 is 2.05 bits per heavy atom. The highest BCUT2D eigenvalue weighted by Gasteiger charge is 2.37. The Morgan fingerprint density at radius 1 is 1.41 bits per heavy atom. The maximum atomic E-state index is 12.7. The van der Waals surface area contributed by atoms with Crippen molar-refractivity contribution in [3.63, 3.8) is 0 Å². The molecule has 0 aliphatic carbocycles. The number of hydrogen-bond donors (Lipinski definition) is 1. The molecule has 1 aromatic rings. The molecule has 2 atom stereocenters. The molecule has 0 bridgehead atoms. The average Bonchev–Trinajstić information content (AvgIpc) is 2.54. The van der Waals surface area contributed by atoms with E-state index in [9.17, 15) is 13.2 Å². The fourth-order valence-corrected chi connectivity index (χ4v) is 4.01. The normalized spacial score (nSPS) is 21.5. The molecule has 1 heterocycles. The summed E-state index contributed by atoms with van der Waals surface area (Å²) in [6.07, 6.45) is 0.985. The Labute approximate surface area is 131 Å². The number of rotatable bonds is 5. The van der Waals surface area contributed by atoms with E-state index in [1.807, 2.05) is 12.1 Å². The van der Waals surface area contributed by atoms with Crippen molar-refractivity contribution in [3.8, 4) is 0 Å². The van der Waals surface area contributed by atoms with Crippen LogP contribution in [0.2, 0.25) is 0 Å². The minimum absolute atomic E-state index is 0.000480. The van der Waals surface area contributed by atoms with Gasteiger partial charge in [-0.25, -0.2) is 8.42 Å². The molecule has 1 aliphatic heterocycles. The van der Waals surface area contributed by atoms with E-state index in [2.05, 4.69) is 13.8 Å². The van der Waals surface area contributed by atoms with Crippen molar-refractivity contribution in [2.75, 3.05) is 19.8 Å². The SMILES string of the molecule is CCC(C)c1ccc(S(=O)(=O)N2CCOCC2C(N)=O)cc1. The van der Waals surface area contributed by atoms with Crippen LogP contribution in [0, 0.1) is 0 Å². The first-order chi connectivity index (χ1) is 10.4. The highest BCUT2D eigenvalue weighted by Crippen LogP contribution is 2.24. The molecule has 2 rings (SSSR count). The third-order valence-corrected chi connectivity index (χ3v) is 6.00. The van der Waals surface area contributed by atoms with Gasteiger partial charge in [0, 0.05) is 6.54 Å². The third kappa shape index (κ3) is 3.31. The first kappa shape index (κ1) is 16.9. The van der Waals surface area contributed by atoms with Crippen LogP contribution in [0.4, 0.5) is 0 Å². The highest BCUT2D eigenvalue weighted by atomic mass is 32.2. The fourth-order valence-electron chi connectivity index (χ4n) is 2.44. The lowest BCUT2D eigenvalue weighted by molar-refractivity contribution is -0.125. The Balaban J connectivity index is 2.30. The minimum Gasteiger partial charge on any atom is -0.378 e. The summed E-state index contributed by atoms with van der Waals surface area (Å²) in [5.41, 5.74) is 6.38. The van der Waals surface area contributed by atoms with Crippen molar-refractivity contribution in [2.45, 2.75) is 37.1 Å². The number of nitrogens with two attached hydrogens (primary N) is 1. The summed E-state index contributed by atoms with van der Waals surface area (Å²) in [6.45, 7) is 4.56. The maximum absolute atomic E-state index is 12.7. The Hall–Kier alpha value is -1.44. The van der Waals surface area contributed by atoms with Crippen LogP contribution in [0.1, 0.15) is 31.7 Å². The smallest absolute Gasteiger partial charge is 0.243 e. The van der Waals surface area contributed by atoms with E-state index in [1.165, 1.54) is 0 Å². The molecule has 2 N–H and O–H groups in total. The summed E-state index contributed by atoms with van der Waals surface area (Å²) in [5.74, 6) is -0.321. The summed E-state index contributed by atoms with van der Waals surface area (Å²) in [7, 11) is -3.75. The number of ether oxygens (including phenoxy) is 1. The second kappa shape index (κ2) is 6.76. The topological polar surface area (TPSA) is 89.7 Å². The van der Waals surface area contributed by atoms with Crippen molar-refractivity contribution in [1.82, 2.24) is 4.31 Å². The number of hydrogen-bond acceptors (Lipinski definition) is 4. The van der Waals surface area contributed by atoms with Crippen LogP contribution in [0.5, 0.6) is 0 Å². The van der Waals surface area contributed by atoms with Crippen LogP contribution in [-0.2, 0) is 19.6 Å². The van der Waals surface area contributed by atoms with Gasteiger partial charge in [0.15, 0.2) is 0 Å². The highest BCUT2D eigenvalue weighted by molar-refractivity contribution is 7.89. The average molecular weight is 326 g/mol. The largest absolute Gasteiger partial charge is 0.378 e. The summed E-state index contributed by atoms with van der Waals surface area (Å²) in [6, 6.07) is 5.86. The number of carbonyl (C=O) groups excluding carboxylic acids is 1. The van der Waals surface area contributed by atoms with Crippen molar-refractivity contribution < 1.29 is 17.9 Å². The van der Waals surface area contributed by atoms with Crippen LogP contribution in [0.15, 0.2) is 29.2 Å². The molecule has 1 saturated heterocycles. The number of primary amides is 1. The molecule has 1 amide bonds. The maximum Gasteiger partial charge on any atom is 0.243 e. The first-order valence-electron chi connectivity index (χ1n) is 7.36. The van der Waals surface area contributed by atoms with Gasteiger partial charge in [-0.15, -0.1) is 0 Å². The van der Waals surface area contributed by atoms with E-state index in [-0.39, 0.29) is 24.7 Å². The zero-order valence-electron chi connectivity index (χ0n) is 12.9. The number of benzene rings is 1. The molecule has 0 spiro atoms. The van der Waals surface area contributed by atoms with Crippen molar-refractivity contribution in [2.24, 2.45) is 5.73 Å². The lowest BCUT2D eigenvalue weighted by Crippen LogP contribution is -2.54. The molecule has 1 aliphatic rings. The minimum atomic E-state index is -3.75. The summed E-state index contributed by atoms with van der Waals surface area (Å²) >= 11 is 0. The molecule has 1 aromatic carbocycles. The molecule has 22 heavy (non-hydrogen) atoms. The lowest BCUT2D eigenvalue weighted by atomic mass is 9.99. The molecule has 0 aromatic heterocycles. The monoisotopic (exact) mass is 326 g/mol. The van der Waals surface area contributed by atoms with Crippen molar-refractivity contribution in [1.29, 1.82) is 0 Å². The molecule has 2 unspecified atom stereocenters. The van der Waals surface area contributed by atoms with Gasteiger partial charge < -0.3 is 10.5 Å². The molecule has 1 fully saturated rings. The van der Waals surface area contributed by atoms with Gasteiger partial charge in [0.2, 0.25) is 15.9 Å². The second-order valence-corrected chi connectivity index (χ2v) is 7.38. The zero-order chi connectivity index (χ0) is 16.3. The van der Waals surface area contributed by atoms with Crippen LogP contribution < -0.4 is 5.73 Å². The standard InChI is InChI=1S/C15H22N2O4S/c1-3-11(2)12-4-6-13(7-5-12)22(19,20)17-8-9-21-10-14(17)15(16)18/h4-7,11,14H,3,8-10H2,1-2H3,(H2,16,18). The van der Waals surface area contributed by atoms with Gasteiger partial charge in [0.25, 0.3) is 0 Å². The number of amides is 1. The van der Waals surface area contributed by atoms with Crippen LogP contribution in [-0.4, -0.2) is 44.4 Å². The number of nitrogens with zero attached hydrogens (tertiary/aromatic N) is 1. The van der Waals surface area contributed by atoms with Crippen molar-refractivity contribution >= 4 is 15.9 Å². The molecule has 7 heteroatoms. The van der Waals surface area contributed by atoms with Gasteiger partial charge in [0.1, 0.15) is 6.04 Å². The molecule has 0 saturated carbocycles. The molecule has 122 valence electrons. The zero-order valence-corrected chi connectivity index (χ0v) is 13.7. The predicted molar refractivity (Wildman–Crippen MR) is 82.8 cm³/mol. The number of carbonyl (C=O) groups is 1. The molecular formula is C15H22N2O4S. The second-order valence-electron chi connectivity index (χ2n) is 5.49. The number of sulfonamides is 1. The Morgan fingerprint density at radius 3 is 2.59 bits per heavy atom. The lowest BCUT2D eigenvalue weighted by Gasteiger charge is -2.32. The first-order valence-corrected chi connectivity index (χ1v) is 8.80. The van der Waals surface area contributed by atoms with Crippen LogP contribution in [0.25, 0.3) is 0 Å².